The van der Waals surface area contributed by atoms with Crippen LogP contribution in [0.3, 0.4) is 0 Å². The van der Waals surface area contributed by atoms with Crippen LogP contribution in [-0.2, 0) is 5.41 Å². The number of hydrogen-bond donors (Lipinski definition) is 1. The van der Waals surface area contributed by atoms with Crippen molar-refractivity contribution in [2.75, 3.05) is 0 Å². The molecule has 2 aromatic heterocycles. The number of rotatable bonds is 0. The Kier molecular flexibility index (Phi) is 3.71. The van der Waals surface area contributed by atoms with E-state index in [0.717, 1.165) is 38.2 Å². The van der Waals surface area contributed by atoms with Crippen molar-refractivity contribution in [3.63, 3.8) is 0 Å². The molecule has 10 rings (SSSR count). The van der Waals surface area contributed by atoms with Crippen LogP contribution in [0.2, 0.25) is 5.02 Å². The molecule has 0 atom stereocenters. The Morgan fingerprint density at radius 1 is 0.600 bits per heavy atom. The van der Waals surface area contributed by atoms with Gasteiger partial charge < -0.3 is 9.40 Å². The Hall–Kier alpha value is -4.79. The monoisotopic (exact) mass is 529 g/mol. The van der Waals surface area contributed by atoms with Crippen molar-refractivity contribution in [3.05, 3.63) is 143 Å². The predicted octanol–water partition coefficient (Wildman–Crippen LogP) is 10.2. The van der Waals surface area contributed by atoms with Crippen LogP contribution in [0.15, 0.2) is 120 Å². The first kappa shape index (κ1) is 21.1. The van der Waals surface area contributed by atoms with E-state index in [1.54, 1.807) is 0 Å². The molecule has 2 heterocycles. The minimum absolute atomic E-state index is 0.533. The maximum Gasteiger partial charge on any atom is 0.144 e. The fourth-order valence-corrected chi connectivity index (χ4v) is 8.08. The van der Waals surface area contributed by atoms with Crippen molar-refractivity contribution in [2.45, 2.75) is 5.41 Å². The summed E-state index contributed by atoms with van der Waals surface area (Å²) in [5.74, 6) is 0. The van der Waals surface area contributed by atoms with E-state index in [-0.39, 0.29) is 0 Å². The van der Waals surface area contributed by atoms with Crippen LogP contribution in [0.4, 0.5) is 0 Å². The molecule has 186 valence electrons. The number of nitrogens with one attached hydrogen (secondary N) is 1. The molecule has 2 aliphatic carbocycles. The molecule has 0 unspecified atom stereocenters. The number of halogens is 1. The lowest BCUT2D eigenvalue weighted by atomic mass is 9.70. The molecule has 6 aromatic carbocycles. The summed E-state index contributed by atoms with van der Waals surface area (Å²) >= 11 is 6.82. The van der Waals surface area contributed by atoms with E-state index in [4.69, 9.17) is 16.0 Å². The molecule has 0 aliphatic heterocycles. The van der Waals surface area contributed by atoms with E-state index in [1.807, 2.05) is 6.07 Å². The van der Waals surface area contributed by atoms with Crippen LogP contribution in [0.5, 0.6) is 0 Å². The third-order valence-electron chi connectivity index (χ3n) is 9.26. The first-order valence-corrected chi connectivity index (χ1v) is 14.0. The van der Waals surface area contributed by atoms with Gasteiger partial charge in [0, 0.05) is 43.2 Å². The highest BCUT2D eigenvalue weighted by atomic mass is 35.5. The van der Waals surface area contributed by atoms with Crippen molar-refractivity contribution in [1.29, 1.82) is 0 Å². The van der Waals surface area contributed by atoms with Crippen LogP contribution < -0.4 is 0 Å². The van der Waals surface area contributed by atoms with Crippen molar-refractivity contribution < 1.29 is 4.42 Å². The average Bonchev–Trinajstić information content (AvgIpc) is 3.71. The van der Waals surface area contributed by atoms with Gasteiger partial charge in [-0.1, -0.05) is 103 Å². The van der Waals surface area contributed by atoms with E-state index in [2.05, 4.69) is 114 Å². The third-order valence-corrected chi connectivity index (χ3v) is 9.50. The van der Waals surface area contributed by atoms with E-state index in [0.29, 0.717) is 0 Å². The average molecular weight is 530 g/mol. The zero-order valence-electron chi connectivity index (χ0n) is 21.3. The van der Waals surface area contributed by atoms with Crippen LogP contribution in [0, 0.1) is 0 Å². The van der Waals surface area contributed by atoms with Gasteiger partial charge in [0.15, 0.2) is 0 Å². The molecule has 2 nitrogen and oxygen atoms in total. The Labute approximate surface area is 234 Å². The molecule has 2 aliphatic rings. The van der Waals surface area contributed by atoms with Crippen LogP contribution in [-0.4, -0.2) is 4.98 Å². The van der Waals surface area contributed by atoms with Crippen LogP contribution in [0.25, 0.3) is 66.0 Å². The fraction of sp³-hybridized carbons (Fsp3) is 0.0270. The van der Waals surface area contributed by atoms with Gasteiger partial charge in [0.2, 0.25) is 0 Å². The number of fused-ring (bicyclic) bond motifs is 19. The largest absolute Gasteiger partial charge is 0.455 e. The first-order valence-electron chi connectivity index (χ1n) is 13.6. The van der Waals surface area contributed by atoms with Crippen molar-refractivity contribution >= 4 is 55.3 Å². The summed E-state index contributed by atoms with van der Waals surface area (Å²) in [6.07, 6.45) is 0. The molecule has 0 fully saturated rings. The van der Waals surface area contributed by atoms with Gasteiger partial charge in [-0.3, -0.25) is 0 Å². The summed E-state index contributed by atoms with van der Waals surface area (Å²) in [5.41, 5.74) is 13.5. The molecule has 0 radical (unpaired) electrons. The zero-order valence-corrected chi connectivity index (χ0v) is 22.0. The van der Waals surface area contributed by atoms with Gasteiger partial charge in [0.25, 0.3) is 0 Å². The molecule has 0 saturated carbocycles. The molecule has 0 amide bonds. The third kappa shape index (κ3) is 2.23. The van der Waals surface area contributed by atoms with Crippen LogP contribution >= 0.6 is 11.6 Å². The summed E-state index contributed by atoms with van der Waals surface area (Å²) in [6, 6.07) is 41.2. The highest BCUT2D eigenvalue weighted by Crippen LogP contribution is 2.66. The number of H-pyrrole nitrogens is 1. The van der Waals surface area contributed by atoms with Gasteiger partial charge in [0.1, 0.15) is 11.2 Å². The molecule has 1 N–H and O–H groups in total. The van der Waals surface area contributed by atoms with Crippen molar-refractivity contribution in [1.82, 2.24) is 4.98 Å². The van der Waals surface area contributed by atoms with Gasteiger partial charge in [-0.15, -0.1) is 0 Å². The van der Waals surface area contributed by atoms with Crippen molar-refractivity contribution in [3.8, 4) is 22.3 Å². The number of aromatic nitrogens is 1. The fourth-order valence-electron chi connectivity index (χ4n) is 7.90. The second-order valence-corrected chi connectivity index (χ2v) is 11.4. The molecule has 8 aromatic rings. The maximum atomic E-state index is 6.84. The lowest BCUT2D eigenvalue weighted by Crippen LogP contribution is -2.26. The molecule has 1 spiro atoms. The summed E-state index contributed by atoms with van der Waals surface area (Å²) < 4.78 is 6.84. The summed E-state index contributed by atoms with van der Waals surface area (Å²) in [5, 5.41) is 5.47. The normalized spacial score (nSPS) is 14.3. The zero-order chi connectivity index (χ0) is 26.2. The number of furan rings is 1. The smallest absolute Gasteiger partial charge is 0.144 e. The highest BCUT2D eigenvalue weighted by molar-refractivity contribution is 6.33. The molecule has 0 bridgehead atoms. The van der Waals surface area contributed by atoms with Crippen LogP contribution in [0.1, 0.15) is 22.3 Å². The number of aromatic amines is 1. The Morgan fingerprint density at radius 2 is 1.27 bits per heavy atom. The molecule has 3 heteroatoms. The number of para-hydroxylation sites is 2. The Bertz CT molecular complexity index is 2360. The minimum Gasteiger partial charge on any atom is -0.455 e. The van der Waals surface area contributed by atoms with Gasteiger partial charge in [-0.05, 0) is 57.6 Å². The maximum absolute atomic E-state index is 6.84. The minimum atomic E-state index is -0.533. The Balaban J connectivity index is 1.56. The van der Waals surface area contributed by atoms with E-state index in [1.165, 1.54) is 55.1 Å². The summed E-state index contributed by atoms with van der Waals surface area (Å²) in [6.45, 7) is 0. The lowest BCUT2D eigenvalue weighted by Gasteiger charge is -2.31. The quantitative estimate of drug-likeness (QED) is 0.208. The Morgan fingerprint density at radius 3 is 2.08 bits per heavy atom. The molecular formula is C37H20ClNO. The predicted molar refractivity (Wildman–Crippen MR) is 164 cm³/mol. The van der Waals surface area contributed by atoms with E-state index in [9.17, 15) is 0 Å². The molecular weight excluding hydrogens is 510 g/mol. The summed E-state index contributed by atoms with van der Waals surface area (Å²) in [7, 11) is 0. The second-order valence-electron chi connectivity index (χ2n) is 11.0. The van der Waals surface area contributed by atoms with Gasteiger partial charge >= 0.3 is 0 Å². The summed E-state index contributed by atoms with van der Waals surface area (Å²) in [4.78, 5) is 3.91. The number of benzene rings is 6. The standard InChI is InChI=1S/C37H20ClNO/c38-20-17-18-23-28(19-20)37(26-13-5-1-9-21(26)22-10-2-6-14-27(22)37)34-33(23)36-32(25-12-4-8-16-30(25)40-36)31-24-11-3-7-15-29(24)39-35(31)34/h1-19,39H. The van der Waals surface area contributed by atoms with E-state index >= 15 is 0 Å². The SMILES string of the molecule is Clc1ccc2c(c1)C1(c3ccccc3-c3ccccc31)c1c-2c2oc3ccccc3c2c2c1[nH]c1ccccc12. The topological polar surface area (TPSA) is 28.9 Å². The van der Waals surface area contributed by atoms with Crippen molar-refractivity contribution in [2.24, 2.45) is 0 Å². The van der Waals surface area contributed by atoms with Gasteiger partial charge in [-0.25, -0.2) is 0 Å². The highest BCUT2D eigenvalue weighted by Gasteiger charge is 2.54. The molecule has 0 saturated heterocycles. The lowest BCUT2D eigenvalue weighted by molar-refractivity contribution is 0.669. The van der Waals surface area contributed by atoms with Gasteiger partial charge in [-0.2, -0.15) is 0 Å². The van der Waals surface area contributed by atoms with Gasteiger partial charge in [0.05, 0.1) is 10.9 Å². The molecule has 40 heavy (non-hydrogen) atoms. The van der Waals surface area contributed by atoms with E-state index < -0.39 is 5.41 Å². The second kappa shape index (κ2) is 7.04. The number of hydrogen-bond acceptors (Lipinski definition) is 1. The first-order chi connectivity index (χ1) is 19.8.